The molecule has 0 aliphatic heterocycles. The zero-order valence-electron chi connectivity index (χ0n) is 5.20. The fourth-order valence-electron chi connectivity index (χ4n) is 0.794. The highest BCUT2D eigenvalue weighted by Gasteiger charge is 2.10. The predicted molar refractivity (Wildman–Crippen MR) is 47.8 cm³/mol. The first-order valence-corrected chi connectivity index (χ1v) is 4.52. The normalized spacial score (nSPS) is 27.2. The molecule has 1 aliphatic rings. The lowest BCUT2D eigenvalue weighted by Crippen LogP contribution is -1.96. The lowest BCUT2D eigenvalue weighted by atomic mass is 10.0. The van der Waals surface area contributed by atoms with Crippen molar-refractivity contribution in [3.05, 3.63) is 21.1 Å². The Kier molecular flexibility index (Phi) is 2.53. The van der Waals surface area contributed by atoms with Crippen molar-refractivity contribution in [1.29, 1.82) is 0 Å². The van der Waals surface area contributed by atoms with Crippen LogP contribution in [0.4, 0.5) is 0 Å². The predicted octanol–water partition coefficient (Wildman–Crippen LogP) is 3.58. The van der Waals surface area contributed by atoms with E-state index in [1.807, 2.05) is 0 Å². The summed E-state index contributed by atoms with van der Waals surface area (Å²) < 4.78 is 2.46. The molecule has 0 aromatic rings. The Labute approximate surface area is 72.3 Å². The van der Waals surface area contributed by atoms with Crippen LogP contribution in [0.3, 0.4) is 0 Å². The number of rotatable bonds is 0. The van der Waals surface area contributed by atoms with E-state index in [1.165, 1.54) is 8.96 Å². The molecule has 0 saturated heterocycles. The molecule has 0 aromatic heterocycles. The Morgan fingerprint density at radius 2 is 2.22 bits per heavy atom. The minimum absolute atomic E-state index is 0.643. The molecule has 0 radical (unpaired) electrons. The molecule has 0 N–H and O–H groups in total. The first-order valence-electron chi connectivity index (χ1n) is 2.93. The molecule has 0 saturated carbocycles. The van der Waals surface area contributed by atoms with Crippen LogP contribution in [0.15, 0.2) is 21.1 Å². The molecule has 0 heterocycles. The van der Waals surface area contributed by atoms with Gasteiger partial charge in [0.15, 0.2) is 0 Å². The Morgan fingerprint density at radius 3 is 2.67 bits per heavy atom. The van der Waals surface area contributed by atoms with Gasteiger partial charge in [0.05, 0.1) is 0 Å². The molecule has 0 amide bonds. The average molecular weight is 252 g/mol. The summed E-state index contributed by atoms with van der Waals surface area (Å²) in [6.07, 6.45) is 5.42. The van der Waals surface area contributed by atoms with Gasteiger partial charge in [0, 0.05) is 8.96 Å². The third-order valence-electron chi connectivity index (χ3n) is 1.41. The molecular formula is C7H8Br2. The van der Waals surface area contributed by atoms with E-state index < -0.39 is 0 Å². The lowest BCUT2D eigenvalue weighted by molar-refractivity contribution is 0.726. The summed E-state index contributed by atoms with van der Waals surface area (Å²) >= 11 is 6.94. The maximum absolute atomic E-state index is 3.50. The van der Waals surface area contributed by atoms with E-state index in [4.69, 9.17) is 0 Å². The molecule has 1 aliphatic carbocycles. The van der Waals surface area contributed by atoms with Crippen LogP contribution >= 0.6 is 31.9 Å². The van der Waals surface area contributed by atoms with Gasteiger partial charge in [-0.05, 0) is 28.3 Å². The summed E-state index contributed by atoms with van der Waals surface area (Å²) in [6.45, 7) is 2.20. The zero-order valence-corrected chi connectivity index (χ0v) is 8.37. The summed E-state index contributed by atoms with van der Waals surface area (Å²) in [5.74, 6) is 0.643. The highest BCUT2D eigenvalue weighted by Crippen LogP contribution is 2.32. The van der Waals surface area contributed by atoms with E-state index in [2.05, 4.69) is 50.9 Å². The van der Waals surface area contributed by atoms with Crippen LogP contribution in [-0.2, 0) is 0 Å². The average Bonchev–Trinajstić information content (AvgIpc) is 1.83. The van der Waals surface area contributed by atoms with Crippen LogP contribution in [0.1, 0.15) is 13.3 Å². The van der Waals surface area contributed by atoms with Crippen molar-refractivity contribution in [3.63, 3.8) is 0 Å². The molecule has 0 fully saturated rings. The van der Waals surface area contributed by atoms with Crippen LogP contribution in [0.25, 0.3) is 0 Å². The van der Waals surface area contributed by atoms with E-state index in [1.54, 1.807) is 0 Å². The van der Waals surface area contributed by atoms with E-state index in [-0.39, 0.29) is 0 Å². The Morgan fingerprint density at radius 1 is 1.56 bits per heavy atom. The lowest BCUT2D eigenvalue weighted by Gasteiger charge is -2.12. The number of halogens is 2. The standard InChI is InChI=1S/C7H8Br2/c1-5-3-2-4-6(8)7(5)9/h2,4-5H,3H2,1H3. The van der Waals surface area contributed by atoms with E-state index in [9.17, 15) is 0 Å². The highest BCUT2D eigenvalue weighted by atomic mass is 79.9. The maximum atomic E-state index is 3.50. The van der Waals surface area contributed by atoms with Crippen LogP contribution in [0, 0.1) is 5.92 Å². The van der Waals surface area contributed by atoms with Crippen molar-refractivity contribution >= 4 is 31.9 Å². The quantitative estimate of drug-likeness (QED) is 0.618. The highest BCUT2D eigenvalue weighted by molar-refractivity contribution is 9.14. The van der Waals surface area contributed by atoms with Crippen molar-refractivity contribution in [1.82, 2.24) is 0 Å². The number of hydrogen-bond donors (Lipinski definition) is 0. The van der Waals surface area contributed by atoms with Crippen molar-refractivity contribution in [2.45, 2.75) is 13.3 Å². The number of hydrogen-bond acceptors (Lipinski definition) is 0. The first kappa shape index (κ1) is 7.55. The smallest absolute Gasteiger partial charge is 0.0276 e. The molecular weight excluding hydrogens is 244 g/mol. The second kappa shape index (κ2) is 3.02. The molecule has 0 nitrogen and oxygen atoms in total. The van der Waals surface area contributed by atoms with E-state index >= 15 is 0 Å². The van der Waals surface area contributed by atoms with Gasteiger partial charge < -0.3 is 0 Å². The largest absolute Gasteiger partial charge is 0.0828 e. The van der Waals surface area contributed by atoms with Gasteiger partial charge in [-0.1, -0.05) is 35.0 Å². The molecule has 2 heteroatoms. The third kappa shape index (κ3) is 1.68. The monoisotopic (exact) mass is 250 g/mol. The minimum Gasteiger partial charge on any atom is -0.0828 e. The molecule has 50 valence electrons. The molecule has 0 aromatic carbocycles. The minimum atomic E-state index is 0.643. The Balaban J connectivity index is 2.83. The van der Waals surface area contributed by atoms with Gasteiger partial charge in [0.2, 0.25) is 0 Å². The second-order valence-corrected chi connectivity index (χ2v) is 3.94. The Bertz CT molecular complexity index is 168. The fraction of sp³-hybridized carbons (Fsp3) is 0.429. The van der Waals surface area contributed by atoms with Gasteiger partial charge in [-0.15, -0.1) is 0 Å². The molecule has 9 heavy (non-hydrogen) atoms. The summed E-state index contributed by atoms with van der Waals surface area (Å²) in [5, 5.41) is 0. The summed E-state index contributed by atoms with van der Waals surface area (Å²) in [5.41, 5.74) is 0. The Hall–Kier alpha value is 0.440. The molecule has 0 bridgehead atoms. The molecule has 0 spiro atoms. The van der Waals surface area contributed by atoms with Crippen molar-refractivity contribution < 1.29 is 0 Å². The molecule has 1 unspecified atom stereocenters. The zero-order chi connectivity index (χ0) is 6.85. The molecule has 1 rings (SSSR count). The van der Waals surface area contributed by atoms with Gasteiger partial charge in [0.25, 0.3) is 0 Å². The van der Waals surface area contributed by atoms with Crippen molar-refractivity contribution in [2.75, 3.05) is 0 Å². The second-order valence-electron chi connectivity index (χ2n) is 2.23. The maximum Gasteiger partial charge on any atom is 0.0276 e. The van der Waals surface area contributed by atoms with Crippen LogP contribution in [0.5, 0.6) is 0 Å². The van der Waals surface area contributed by atoms with Crippen LogP contribution < -0.4 is 0 Å². The van der Waals surface area contributed by atoms with Crippen molar-refractivity contribution in [2.24, 2.45) is 5.92 Å². The SMILES string of the molecule is CC1CC=CC(Br)=C1Br. The molecule has 1 atom stereocenters. The summed E-state index contributed by atoms with van der Waals surface area (Å²) in [4.78, 5) is 0. The summed E-state index contributed by atoms with van der Waals surface area (Å²) in [6, 6.07) is 0. The van der Waals surface area contributed by atoms with Gasteiger partial charge in [-0.25, -0.2) is 0 Å². The van der Waals surface area contributed by atoms with Gasteiger partial charge in [-0.2, -0.15) is 0 Å². The van der Waals surface area contributed by atoms with Gasteiger partial charge in [0.1, 0.15) is 0 Å². The third-order valence-corrected chi connectivity index (χ3v) is 3.85. The van der Waals surface area contributed by atoms with Crippen molar-refractivity contribution in [3.8, 4) is 0 Å². The van der Waals surface area contributed by atoms with E-state index in [0.29, 0.717) is 5.92 Å². The van der Waals surface area contributed by atoms with Crippen LogP contribution in [0.2, 0.25) is 0 Å². The van der Waals surface area contributed by atoms with Gasteiger partial charge in [-0.3, -0.25) is 0 Å². The topological polar surface area (TPSA) is 0 Å². The fourth-order valence-corrected chi connectivity index (χ4v) is 1.69. The number of allylic oxidation sites excluding steroid dienone is 4. The first-order chi connectivity index (χ1) is 4.22. The summed E-state index contributed by atoms with van der Waals surface area (Å²) in [7, 11) is 0. The van der Waals surface area contributed by atoms with E-state index in [0.717, 1.165) is 6.42 Å². The van der Waals surface area contributed by atoms with Gasteiger partial charge >= 0.3 is 0 Å². The van der Waals surface area contributed by atoms with Crippen LogP contribution in [-0.4, -0.2) is 0 Å².